The zero-order valence-electron chi connectivity index (χ0n) is 16.1. The number of benzene rings is 2. The Hall–Kier alpha value is -1.80. The number of guanidine groups is 1. The Balaban J connectivity index is 0.00000364. The first kappa shape index (κ1) is 23.2. The Labute approximate surface area is 179 Å². The largest absolute Gasteiger partial charge is 0.489 e. The van der Waals surface area contributed by atoms with Gasteiger partial charge in [0.05, 0.1) is 6.54 Å². The summed E-state index contributed by atoms with van der Waals surface area (Å²) in [6.45, 7) is 5.56. The molecule has 27 heavy (non-hydrogen) atoms. The second-order valence-electron chi connectivity index (χ2n) is 5.85. The van der Waals surface area contributed by atoms with E-state index in [4.69, 9.17) is 9.47 Å². The highest BCUT2D eigenvalue weighted by atomic mass is 127. The lowest BCUT2D eigenvalue weighted by Gasteiger charge is -2.13. The van der Waals surface area contributed by atoms with E-state index in [0.717, 1.165) is 49.0 Å². The van der Waals surface area contributed by atoms with Gasteiger partial charge in [0.2, 0.25) is 0 Å². The number of hydrogen-bond acceptors (Lipinski definition) is 3. The van der Waals surface area contributed by atoms with E-state index in [9.17, 15) is 0 Å². The van der Waals surface area contributed by atoms with Gasteiger partial charge in [-0.25, -0.2) is 4.99 Å². The third-order valence-corrected chi connectivity index (χ3v) is 3.78. The Morgan fingerprint density at radius 2 is 1.74 bits per heavy atom. The molecule has 0 aliphatic heterocycles. The normalized spacial score (nSPS) is 10.8. The lowest BCUT2D eigenvalue weighted by atomic mass is 10.2. The van der Waals surface area contributed by atoms with Gasteiger partial charge in [-0.1, -0.05) is 48.5 Å². The molecule has 0 radical (unpaired) electrons. The monoisotopic (exact) mass is 483 g/mol. The van der Waals surface area contributed by atoms with Gasteiger partial charge in [-0.15, -0.1) is 24.0 Å². The number of aliphatic imine (C=N–C) groups is 1. The van der Waals surface area contributed by atoms with E-state index in [2.05, 4.69) is 40.7 Å². The Morgan fingerprint density at radius 3 is 2.48 bits per heavy atom. The number of hydrogen-bond donors (Lipinski definition) is 2. The van der Waals surface area contributed by atoms with Gasteiger partial charge < -0.3 is 20.1 Å². The lowest BCUT2D eigenvalue weighted by molar-refractivity contribution is 0.195. The molecule has 0 amide bonds. The van der Waals surface area contributed by atoms with Crippen LogP contribution in [0.3, 0.4) is 0 Å². The maximum Gasteiger partial charge on any atom is 0.191 e. The molecule has 0 bridgehead atoms. The van der Waals surface area contributed by atoms with Crippen molar-refractivity contribution in [3.8, 4) is 5.75 Å². The number of methoxy groups -OCH3 is 1. The Bertz CT molecular complexity index is 665. The lowest BCUT2D eigenvalue weighted by Crippen LogP contribution is -2.38. The summed E-state index contributed by atoms with van der Waals surface area (Å²) in [5.74, 6) is 1.68. The SMILES string of the molecule is CCNC(=NCc1ccccc1OCc1ccccc1)NCCCOC.I. The third-order valence-electron chi connectivity index (χ3n) is 3.78. The van der Waals surface area contributed by atoms with Gasteiger partial charge in [-0.05, 0) is 25.0 Å². The van der Waals surface area contributed by atoms with Crippen LogP contribution in [0.15, 0.2) is 59.6 Å². The molecule has 0 aliphatic carbocycles. The van der Waals surface area contributed by atoms with Crippen molar-refractivity contribution in [1.29, 1.82) is 0 Å². The van der Waals surface area contributed by atoms with E-state index in [0.29, 0.717) is 13.2 Å². The van der Waals surface area contributed by atoms with Crippen molar-refractivity contribution in [2.24, 2.45) is 4.99 Å². The predicted octanol–water partition coefficient (Wildman–Crippen LogP) is 3.98. The quantitative estimate of drug-likeness (QED) is 0.233. The zero-order valence-corrected chi connectivity index (χ0v) is 18.4. The summed E-state index contributed by atoms with van der Waals surface area (Å²) in [4.78, 5) is 4.67. The molecule has 5 nitrogen and oxygen atoms in total. The summed E-state index contributed by atoms with van der Waals surface area (Å²) in [7, 11) is 1.71. The number of nitrogens with zero attached hydrogens (tertiary/aromatic N) is 1. The number of halogens is 1. The van der Waals surface area contributed by atoms with Crippen molar-refractivity contribution < 1.29 is 9.47 Å². The topological polar surface area (TPSA) is 54.9 Å². The van der Waals surface area contributed by atoms with Gasteiger partial charge in [0.25, 0.3) is 0 Å². The van der Waals surface area contributed by atoms with Crippen LogP contribution in [0, 0.1) is 0 Å². The minimum Gasteiger partial charge on any atom is -0.489 e. The van der Waals surface area contributed by atoms with Crippen molar-refractivity contribution in [2.45, 2.75) is 26.5 Å². The van der Waals surface area contributed by atoms with Crippen LogP contribution < -0.4 is 15.4 Å². The van der Waals surface area contributed by atoms with E-state index >= 15 is 0 Å². The molecule has 6 heteroatoms. The summed E-state index contributed by atoms with van der Waals surface area (Å²) < 4.78 is 11.1. The van der Waals surface area contributed by atoms with Crippen LogP contribution >= 0.6 is 24.0 Å². The predicted molar refractivity (Wildman–Crippen MR) is 122 cm³/mol. The first-order valence-electron chi connectivity index (χ1n) is 9.09. The summed E-state index contributed by atoms with van der Waals surface area (Å²) in [6, 6.07) is 18.2. The molecule has 0 unspecified atom stereocenters. The number of ether oxygens (including phenoxy) is 2. The Morgan fingerprint density at radius 1 is 1.00 bits per heavy atom. The van der Waals surface area contributed by atoms with Crippen molar-refractivity contribution in [1.82, 2.24) is 10.6 Å². The van der Waals surface area contributed by atoms with Gasteiger partial charge in [-0.2, -0.15) is 0 Å². The highest BCUT2D eigenvalue weighted by Gasteiger charge is 2.04. The second kappa shape index (κ2) is 14.3. The van der Waals surface area contributed by atoms with E-state index < -0.39 is 0 Å². The van der Waals surface area contributed by atoms with Crippen LogP contribution in [-0.4, -0.2) is 32.8 Å². The first-order valence-corrected chi connectivity index (χ1v) is 9.09. The molecule has 2 N–H and O–H groups in total. The molecule has 0 saturated heterocycles. The fourth-order valence-electron chi connectivity index (χ4n) is 2.44. The molecule has 0 saturated carbocycles. The molecule has 148 valence electrons. The summed E-state index contributed by atoms with van der Waals surface area (Å²) >= 11 is 0. The molecule has 0 heterocycles. The average molecular weight is 483 g/mol. The fourth-order valence-corrected chi connectivity index (χ4v) is 2.44. The van der Waals surface area contributed by atoms with Crippen LogP contribution in [0.2, 0.25) is 0 Å². The van der Waals surface area contributed by atoms with Crippen LogP contribution in [0.25, 0.3) is 0 Å². The number of rotatable bonds is 10. The highest BCUT2D eigenvalue weighted by Crippen LogP contribution is 2.20. The molecule has 0 aromatic heterocycles. The van der Waals surface area contributed by atoms with E-state index in [1.54, 1.807) is 7.11 Å². The zero-order chi connectivity index (χ0) is 18.5. The molecule has 2 rings (SSSR count). The van der Waals surface area contributed by atoms with Crippen molar-refractivity contribution in [2.75, 3.05) is 26.8 Å². The Kier molecular flexibility index (Phi) is 12.3. The number of para-hydroxylation sites is 1. The standard InChI is InChI=1S/C21H29N3O2.HI/c1-3-22-21(23-14-9-15-25-2)24-16-19-12-7-8-13-20(19)26-17-18-10-5-4-6-11-18;/h4-8,10-13H,3,9,14-17H2,1-2H3,(H2,22,23,24);1H. The minimum atomic E-state index is 0. The minimum absolute atomic E-state index is 0. The third kappa shape index (κ3) is 9.10. The van der Waals surface area contributed by atoms with Crippen LogP contribution in [0.1, 0.15) is 24.5 Å². The molecule has 0 fully saturated rings. The maximum absolute atomic E-state index is 6.00. The van der Waals surface area contributed by atoms with Crippen LogP contribution in [0.5, 0.6) is 5.75 Å². The van der Waals surface area contributed by atoms with Gasteiger partial charge in [0.15, 0.2) is 5.96 Å². The smallest absolute Gasteiger partial charge is 0.191 e. The van der Waals surface area contributed by atoms with Crippen LogP contribution in [0.4, 0.5) is 0 Å². The maximum atomic E-state index is 6.00. The molecule has 2 aromatic carbocycles. The summed E-state index contributed by atoms with van der Waals surface area (Å²) in [5, 5.41) is 6.59. The van der Waals surface area contributed by atoms with E-state index in [1.165, 1.54) is 0 Å². The van der Waals surface area contributed by atoms with Crippen molar-refractivity contribution in [3.63, 3.8) is 0 Å². The van der Waals surface area contributed by atoms with Gasteiger partial charge in [-0.3, -0.25) is 0 Å². The molecule has 0 spiro atoms. The molecule has 2 aromatic rings. The molecular formula is C21H30IN3O2. The van der Waals surface area contributed by atoms with Crippen molar-refractivity contribution in [3.05, 3.63) is 65.7 Å². The van der Waals surface area contributed by atoms with Gasteiger partial charge in [0.1, 0.15) is 12.4 Å². The van der Waals surface area contributed by atoms with E-state index in [-0.39, 0.29) is 24.0 Å². The number of nitrogens with one attached hydrogen (secondary N) is 2. The van der Waals surface area contributed by atoms with Gasteiger partial charge >= 0.3 is 0 Å². The molecule has 0 aliphatic rings. The van der Waals surface area contributed by atoms with Crippen LogP contribution in [-0.2, 0) is 17.9 Å². The average Bonchev–Trinajstić information content (AvgIpc) is 2.69. The highest BCUT2D eigenvalue weighted by molar-refractivity contribution is 14.0. The fraction of sp³-hybridized carbons (Fsp3) is 0.381. The first-order chi connectivity index (χ1) is 12.8. The summed E-state index contributed by atoms with van der Waals surface area (Å²) in [6.07, 6.45) is 0.942. The molecule has 0 atom stereocenters. The summed E-state index contributed by atoms with van der Waals surface area (Å²) in [5.41, 5.74) is 2.22. The van der Waals surface area contributed by atoms with Crippen molar-refractivity contribution >= 4 is 29.9 Å². The molecular weight excluding hydrogens is 453 g/mol. The second-order valence-corrected chi connectivity index (χ2v) is 5.85. The van der Waals surface area contributed by atoms with Gasteiger partial charge in [0, 0.05) is 32.4 Å². The van der Waals surface area contributed by atoms with E-state index in [1.807, 2.05) is 36.4 Å².